The molecular formula is C21H21N5O3. The minimum Gasteiger partial charge on any atom is -0.493 e. The summed E-state index contributed by atoms with van der Waals surface area (Å²) in [5, 5.41) is 7.16. The highest BCUT2D eigenvalue weighted by Crippen LogP contribution is 2.28. The minimum absolute atomic E-state index is 0.251. The second-order valence-electron chi connectivity index (χ2n) is 6.38. The van der Waals surface area contributed by atoms with Gasteiger partial charge >= 0.3 is 0 Å². The van der Waals surface area contributed by atoms with Gasteiger partial charge in [0.15, 0.2) is 11.5 Å². The summed E-state index contributed by atoms with van der Waals surface area (Å²) in [5.74, 6) is 0.868. The molecule has 0 atom stereocenters. The number of hydrogen-bond donors (Lipinski definition) is 1. The van der Waals surface area contributed by atoms with Gasteiger partial charge in [0.1, 0.15) is 5.65 Å². The lowest BCUT2D eigenvalue weighted by Crippen LogP contribution is -2.12. The molecule has 1 aromatic carbocycles. The molecule has 148 valence electrons. The summed E-state index contributed by atoms with van der Waals surface area (Å²) in [6.07, 6.45) is 7.29. The molecule has 4 aromatic rings. The number of anilines is 1. The lowest BCUT2D eigenvalue weighted by Gasteiger charge is -2.10. The van der Waals surface area contributed by atoms with Crippen LogP contribution < -0.4 is 14.8 Å². The maximum Gasteiger partial charge on any atom is 0.255 e. The van der Waals surface area contributed by atoms with Crippen LogP contribution in [0.2, 0.25) is 0 Å². The van der Waals surface area contributed by atoms with Gasteiger partial charge in [-0.25, -0.2) is 4.98 Å². The van der Waals surface area contributed by atoms with Crippen molar-refractivity contribution in [3.05, 3.63) is 72.4 Å². The van der Waals surface area contributed by atoms with E-state index in [1.165, 1.54) is 0 Å². The largest absolute Gasteiger partial charge is 0.493 e. The number of fused-ring (bicyclic) bond motifs is 1. The van der Waals surface area contributed by atoms with E-state index in [2.05, 4.69) is 15.4 Å². The number of ether oxygens (including phenoxy) is 2. The highest BCUT2D eigenvalue weighted by Gasteiger charge is 2.12. The Bertz CT molecular complexity index is 1120. The first-order valence-electron chi connectivity index (χ1n) is 9.23. The van der Waals surface area contributed by atoms with E-state index in [1.807, 2.05) is 41.9 Å². The summed E-state index contributed by atoms with van der Waals surface area (Å²) in [5.41, 5.74) is 2.84. The van der Waals surface area contributed by atoms with Crippen molar-refractivity contribution in [2.24, 2.45) is 0 Å². The van der Waals surface area contributed by atoms with Crippen LogP contribution in [0.5, 0.6) is 11.5 Å². The number of carbonyl (C=O) groups excluding carboxylic acids is 1. The Morgan fingerprint density at radius 3 is 2.86 bits per heavy atom. The number of rotatable bonds is 7. The summed E-state index contributed by atoms with van der Waals surface area (Å²) in [7, 11) is 1.54. The van der Waals surface area contributed by atoms with Gasteiger partial charge in [0, 0.05) is 24.2 Å². The number of nitrogens with zero attached hydrogens (tertiary/aromatic N) is 4. The molecule has 0 fully saturated rings. The number of nitrogens with one attached hydrogen (secondary N) is 1. The normalized spacial score (nSPS) is 10.8. The van der Waals surface area contributed by atoms with E-state index < -0.39 is 0 Å². The fraction of sp³-hybridized carbons (Fsp3) is 0.190. The zero-order valence-corrected chi connectivity index (χ0v) is 16.2. The first-order valence-corrected chi connectivity index (χ1v) is 9.23. The fourth-order valence-corrected chi connectivity index (χ4v) is 3.03. The van der Waals surface area contributed by atoms with Crippen LogP contribution >= 0.6 is 0 Å². The third-order valence-electron chi connectivity index (χ3n) is 4.35. The SMILES string of the molecule is CCOc1ccc(C(=O)Nc2cnn(Cc3cn4ccccc4n3)c2)cc1OC. The van der Waals surface area contributed by atoms with E-state index in [0.717, 1.165) is 11.3 Å². The maximum atomic E-state index is 12.6. The monoisotopic (exact) mass is 391 g/mol. The quantitative estimate of drug-likeness (QED) is 0.523. The highest BCUT2D eigenvalue weighted by atomic mass is 16.5. The van der Waals surface area contributed by atoms with Crippen molar-refractivity contribution < 1.29 is 14.3 Å². The first kappa shape index (κ1) is 18.5. The van der Waals surface area contributed by atoms with Crippen LogP contribution in [0.3, 0.4) is 0 Å². The van der Waals surface area contributed by atoms with Crippen LogP contribution in [0.1, 0.15) is 23.0 Å². The van der Waals surface area contributed by atoms with Gasteiger partial charge in [-0.05, 0) is 37.3 Å². The average molecular weight is 391 g/mol. The van der Waals surface area contributed by atoms with Crippen molar-refractivity contribution in [2.45, 2.75) is 13.5 Å². The molecule has 0 aliphatic heterocycles. The van der Waals surface area contributed by atoms with Crippen LogP contribution in [0.25, 0.3) is 5.65 Å². The third kappa shape index (κ3) is 4.06. The van der Waals surface area contributed by atoms with Crippen LogP contribution in [0.15, 0.2) is 61.2 Å². The van der Waals surface area contributed by atoms with Gasteiger partial charge in [-0.2, -0.15) is 5.10 Å². The second kappa shape index (κ2) is 8.05. The summed E-state index contributed by atoms with van der Waals surface area (Å²) in [4.78, 5) is 17.1. The Hall–Kier alpha value is -3.81. The lowest BCUT2D eigenvalue weighted by atomic mass is 10.2. The fourth-order valence-electron chi connectivity index (χ4n) is 3.03. The van der Waals surface area contributed by atoms with Crippen molar-refractivity contribution in [1.29, 1.82) is 0 Å². The number of methoxy groups -OCH3 is 1. The number of benzene rings is 1. The number of carbonyl (C=O) groups is 1. The Morgan fingerprint density at radius 1 is 1.17 bits per heavy atom. The van der Waals surface area contributed by atoms with Gasteiger partial charge in [-0.3, -0.25) is 9.48 Å². The summed E-state index contributed by atoms with van der Waals surface area (Å²) in [6, 6.07) is 10.9. The van der Waals surface area contributed by atoms with Crippen LogP contribution in [0, 0.1) is 0 Å². The van der Waals surface area contributed by atoms with E-state index in [0.29, 0.717) is 35.9 Å². The number of imidazole rings is 1. The molecule has 0 unspecified atom stereocenters. The van der Waals surface area contributed by atoms with E-state index in [9.17, 15) is 4.79 Å². The highest BCUT2D eigenvalue weighted by molar-refractivity contribution is 6.04. The number of amides is 1. The first-order chi connectivity index (χ1) is 14.2. The number of aromatic nitrogens is 4. The summed E-state index contributed by atoms with van der Waals surface area (Å²) >= 11 is 0. The van der Waals surface area contributed by atoms with E-state index in [4.69, 9.17) is 9.47 Å². The van der Waals surface area contributed by atoms with Gasteiger partial charge in [0.25, 0.3) is 5.91 Å². The molecule has 0 radical (unpaired) electrons. The molecule has 8 heteroatoms. The Kier molecular flexibility index (Phi) is 5.15. The Balaban J connectivity index is 1.45. The predicted molar refractivity (Wildman–Crippen MR) is 109 cm³/mol. The number of hydrogen-bond acceptors (Lipinski definition) is 5. The van der Waals surface area contributed by atoms with Gasteiger partial charge in [-0.15, -0.1) is 0 Å². The molecule has 0 saturated carbocycles. The molecule has 4 rings (SSSR count). The Morgan fingerprint density at radius 2 is 2.07 bits per heavy atom. The standard InChI is InChI=1S/C21H21N5O3/c1-3-29-18-8-7-15(10-19(18)28-2)21(27)24-16-11-22-26(13-16)14-17-12-25-9-5-4-6-20(25)23-17/h4-13H,3,14H2,1-2H3,(H,24,27). The molecular weight excluding hydrogens is 370 g/mol. The molecule has 1 N–H and O–H groups in total. The topological polar surface area (TPSA) is 82.7 Å². The molecule has 0 aliphatic carbocycles. The second-order valence-corrected chi connectivity index (χ2v) is 6.38. The average Bonchev–Trinajstić information content (AvgIpc) is 3.34. The van der Waals surface area contributed by atoms with E-state index in [-0.39, 0.29) is 5.91 Å². The van der Waals surface area contributed by atoms with Crippen molar-refractivity contribution in [1.82, 2.24) is 19.2 Å². The van der Waals surface area contributed by atoms with Gasteiger partial charge in [0.05, 0.1) is 37.8 Å². The smallest absolute Gasteiger partial charge is 0.255 e. The van der Waals surface area contributed by atoms with Crippen LogP contribution in [0.4, 0.5) is 5.69 Å². The molecule has 8 nitrogen and oxygen atoms in total. The van der Waals surface area contributed by atoms with Gasteiger partial charge < -0.3 is 19.2 Å². The van der Waals surface area contributed by atoms with Crippen molar-refractivity contribution >= 4 is 17.2 Å². The molecule has 1 amide bonds. The van der Waals surface area contributed by atoms with Gasteiger partial charge in [-0.1, -0.05) is 6.07 Å². The minimum atomic E-state index is -0.251. The molecule has 0 aliphatic rings. The molecule has 0 saturated heterocycles. The van der Waals surface area contributed by atoms with Crippen molar-refractivity contribution in [3.63, 3.8) is 0 Å². The summed E-state index contributed by atoms with van der Waals surface area (Å²) in [6.45, 7) is 2.92. The van der Waals surface area contributed by atoms with Gasteiger partial charge in [0.2, 0.25) is 0 Å². The van der Waals surface area contributed by atoms with Crippen molar-refractivity contribution in [2.75, 3.05) is 19.0 Å². The number of pyridine rings is 1. The molecule has 3 heterocycles. The predicted octanol–water partition coefficient (Wildman–Crippen LogP) is 3.24. The zero-order valence-electron chi connectivity index (χ0n) is 16.2. The molecule has 29 heavy (non-hydrogen) atoms. The van der Waals surface area contributed by atoms with Crippen LogP contribution in [-0.2, 0) is 6.54 Å². The van der Waals surface area contributed by atoms with E-state index in [1.54, 1.807) is 42.4 Å². The zero-order chi connectivity index (χ0) is 20.2. The Labute approximate surface area is 167 Å². The van der Waals surface area contributed by atoms with Crippen LogP contribution in [-0.4, -0.2) is 38.8 Å². The molecule has 3 aromatic heterocycles. The molecule has 0 spiro atoms. The van der Waals surface area contributed by atoms with E-state index >= 15 is 0 Å². The van der Waals surface area contributed by atoms with Crippen molar-refractivity contribution in [3.8, 4) is 11.5 Å². The maximum absolute atomic E-state index is 12.6. The lowest BCUT2D eigenvalue weighted by molar-refractivity contribution is 0.102. The summed E-state index contributed by atoms with van der Waals surface area (Å²) < 4.78 is 14.5. The molecule has 0 bridgehead atoms. The third-order valence-corrected chi connectivity index (χ3v) is 4.35.